The normalized spacial score (nSPS) is 11.1. The van der Waals surface area contributed by atoms with Gasteiger partial charge in [0.25, 0.3) is 0 Å². The van der Waals surface area contributed by atoms with Crippen LogP contribution in [0.4, 0.5) is 0 Å². The molecule has 0 aromatic carbocycles. The number of amides is 1. The molecule has 0 saturated heterocycles. The molecule has 0 aromatic rings. The number of carboxylic acid groups (broad SMARTS) is 1. The Labute approximate surface area is 121 Å². The van der Waals surface area contributed by atoms with Crippen LogP contribution in [0.2, 0.25) is 0 Å². The minimum absolute atomic E-state index is 0.0306. The molecule has 0 fully saturated rings. The van der Waals surface area contributed by atoms with Crippen LogP contribution in [0, 0.1) is 11.8 Å². The Balaban J connectivity index is 4.35. The van der Waals surface area contributed by atoms with E-state index in [9.17, 15) is 9.59 Å². The first kappa shape index (κ1) is 18.0. The lowest BCUT2D eigenvalue weighted by Crippen LogP contribution is -2.20. The molecule has 4 nitrogen and oxygen atoms in total. The molecule has 0 aromatic heterocycles. The SMILES string of the molecule is CC/C=C\C(C#CCCCC(=O)N(C)C)=C/CC(=O)O. The van der Waals surface area contributed by atoms with Crippen LogP contribution in [0.5, 0.6) is 0 Å². The predicted octanol–water partition coefficient (Wildman–Crippen LogP) is 2.62. The van der Waals surface area contributed by atoms with Gasteiger partial charge in [-0.15, -0.1) is 0 Å². The third kappa shape index (κ3) is 9.95. The van der Waals surface area contributed by atoms with E-state index in [4.69, 9.17) is 5.11 Å². The monoisotopic (exact) mass is 277 g/mol. The van der Waals surface area contributed by atoms with Crippen LogP contribution in [0.15, 0.2) is 23.8 Å². The second-order valence-electron chi connectivity index (χ2n) is 4.51. The quantitative estimate of drug-likeness (QED) is 0.442. The third-order valence-corrected chi connectivity index (χ3v) is 2.45. The van der Waals surface area contributed by atoms with E-state index in [0.717, 1.165) is 6.42 Å². The van der Waals surface area contributed by atoms with Crippen LogP contribution >= 0.6 is 0 Å². The molecule has 0 spiro atoms. The lowest BCUT2D eigenvalue weighted by molar-refractivity contribution is -0.136. The van der Waals surface area contributed by atoms with Crippen LogP contribution in [0.25, 0.3) is 0 Å². The number of carbonyl (C=O) groups excluding carboxylic acids is 1. The van der Waals surface area contributed by atoms with Gasteiger partial charge in [0.15, 0.2) is 0 Å². The van der Waals surface area contributed by atoms with Crippen LogP contribution < -0.4 is 0 Å². The van der Waals surface area contributed by atoms with E-state index in [1.165, 1.54) is 0 Å². The van der Waals surface area contributed by atoms with Crippen molar-refractivity contribution in [3.05, 3.63) is 23.8 Å². The van der Waals surface area contributed by atoms with Crippen LogP contribution in [-0.4, -0.2) is 36.0 Å². The maximum Gasteiger partial charge on any atom is 0.307 e. The maximum absolute atomic E-state index is 11.3. The molecule has 0 aliphatic carbocycles. The first-order valence-corrected chi connectivity index (χ1v) is 6.74. The van der Waals surface area contributed by atoms with Gasteiger partial charge in [-0.05, 0) is 12.8 Å². The van der Waals surface area contributed by atoms with Gasteiger partial charge in [-0.3, -0.25) is 9.59 Å². The molecule has 0 rings (SSSR count). The fourth-order valence-corrected chi connectivity index (χ4v) is 1.32. The predicted molar refractivity (Wildman–Crippen MR) is 80.1 cm³/mol. The highest BCUT2D eigenvalue weighted by atomic mass is 16.4. The number of hydrogen-bond acceptors (Lipinski definition) is 2. The minimum atomic E-state index is -0.870. The highest BCUT2D eigenvalue weighted by molar-refractivity contribution is 5.75. The van der Waals surface area contributed by atoms with Crippen molar-refractivity contribution >= 4 is 11.9 Å². The Hall–Kier alpha value is -2.02. The molecule has 1 amide bonds. The van der Waals surface area contributed by atoms with Crippen molar-refractivity contribution in [2.24, 2.45) is 0 Å². The van der Waals surface area contributed by atoms with E-state index in [0.29, 0.717) is 24.8 Å². The summed E-state index contributed by atoms with van der Waals surface area (Å²) in [7, 11) is 3.46. The first-order chi connectivity index (χ1) is 9.47. The second kappa shape index (κ2) is 10.9. The minimum Gasteiger partial charge on any atom is -0.481 e. The van der Waals surface area contributed by atoms with Crippen molar-refractivity contribution < 1.29 is 14.7 Å². The molecule has 0 unspecified atom stereocenters. The van der Waals surface area contributed by atoms with E-state index in [1.54, 1.807) is 25.1 Å². The van der Waals surface area contributed by atoms with E-state index in [2.05, 4.69) is 11.8 Å². The number of unbranched alkanes of at least 4 members (excludes halogenated alkanes) is 1. The van der Waals surface area contributed by atoms with Crippen LogP contribution in [0.1, 0.15) is 39.0 Å². The molecule has 0 saturated carbocycles. The zero-order chi connectivity index (χ0) is 15.4. The Bertz CT molecular complexity index is 436. The number of carbonyl (C=O) groups is 2. The summed E-state index contributed by atoms with van der Waals surface area (Å²) in [6.45, 7) is 2.01. The van der Waals surface area contributed by atoms with E-state index >= 15 is 0 Å². The van der Waals surface area contributed by atoms with Gasteiger partial charge in [0.2, 0.25) is 5.91 Å². The van der Waals surface area contributed by atoms with Gasteiger partial charge in [0, 0.05) is 32.5 Å². The first-order valence-electron chi connectivity index (χ1n) is 6.74. The highest BCUT2D eigenvalue weighted by Gasteiger charge is 2.01. The smallest absolute Gasteiger partial charge is 0.307 e. The molecule has 20 heavy (non-hydrogen) atoms. The summed E-state index contributed by atoms with van der Waals surface area (Å²) >= 11 is 0. The maximum atomic E-state index is 11.3. The fourth-order valence-electron chi connectivity index (χ4n) is 1.32. The van der Waals surface area contributed by atoms with Crippen molar-refractivity contribution in [1.29, 1.82) is 0 Å². The number of nitrogens with zero attached hydrogens (tertiary/aromatic N) is 1. The van der Waals surface area contributed by atoms with Crippen molar-refractivity contribution in [1.82, 2.24) is 4.90 Å². The average molecular weight is 277 g/mol. The van der Waals surface area contributed by atoms with Crippen LogP contribution in [-0.2, 0) is 9.59 Å². The van der Waals surface area contributed by atoms with Gasteiger partial charge in [-0.1, -0.05) is 37.0 Å². The van der Waals surface area contributed by atoms with E-state index in [1.807, 2.05) is 19.1 Å². The Morgan fingerprint density at radius 1 is 1.30 bits per heavy atom. The lowest BCUT2D eigenvalue weighted by Gasteiger charge is -2.08. The molecule has 4 heteroatoms. The summed E-state index contributed by atoms with van der Waals surface area (Å²) in [6, 6.07) is 0. The second-order valence-corrected chi connectivity index (χ2v) is 4.51. The molecule has 0 aliphatic rings. The molecular weight excluding hydrogens is 254 g/mol. The van der Waals surface area contributed by atoms with Gasteiger partial charge >= 0.3 is 5.97 Å². The van der Waals surface area contributed by atoms with Gasteiger partial charge in [0.05, 0.1) is 6.42 Å². The van der Waals surface area contributed by atoms with Crippen molar-refractivity contribution in [3.63, 3.8) is 0 Å². The molecule has 1 N–H and O–H groups in total. The van der Waals surface area contributed by atoms with Crippen molar-refractivity contribution in [2.75, 3.05) is 14.1 Å². The summed E-state index contributed by atoms with van der Waals surface area (Å²) < 4.78 is 0. The molecular formula is C16H23NO3. The zero-order valence-electron chi connectivity index (χ0n) is 12.5. The standard InChI is InChI=1S/C16H23NO3/c1-4-5-9-14(12-13-16(19)20)10-7-6-8-11-15(18)17(2)3/h5,9,12H,4,6,8,11,13H2,1-3H3,(H,19,20)/b9-5-,14-12+. The summed E-state index contributed by atoms with van der Waals surface area (Å²) in [5.41, 5.74) is 0.716. The van der Waals surface area contributed by atoms with E-state index in [-0.39, 0.29) is 12.3 Å². The molecule has 0 radical (unpaired) electrons. The fraction of sp³-hybridized carbons (Fsp3) is 0.500. The van der Waals surface area contributed by atoms with Gasteiger partial charge < -0.3 is 10.0 Å². The summed E-state index contributed by atoms with van der Waals surface area (Å²) in [4.78, 5) is 23.4. The number of allylic oxidation sites excluding steroid dienone is 3. The van der Waals surface area contributed by atoms with E-state index < -0.39 is 5.97 Å². The lowest BCUT2D eigenvalue weighted by atomic mass is 10.1. The van der Waals surface area contributed by atoms with Crippen molar-refractivity contribution in [2.45, 2.75) is 39.0 Å². The van der Waals surface area contributed by atoms with Gasteiger partial charge in [-0.25, -0.2) is 0 Å². The molecule has 0 heterocycles. The van der Waals surface area contributed by atoms with Crippen LogP contribution in [0.3, 0.4) is 0 Å². The van der Waals surface area contributed by atoms with Gasteiger partial charge in [-0.2, -0.15) is 0 Å². The molecule has 0 atom stereocenters. The summed E-state index contributed by atoms with van der Waals surface area (Å²) in [6.07, 6.45) is 8.06. The highest BCUT2D eigenvalue weighted by Crippen LogP contribution is 2.01. The summed E-state index contributed by atoms with van der Waals surface area (Å²) in [5, 5.41) is 8.65. The number of rotatable bonds is 7. The molecule has 0 aliphatic heterocycles. The summed E-state index contributed by atoms with van der Waals surface area (Å²) in [5.74, 6) is 5.16. The number of carboxylic acids is 1. The number of aliphatic carboxylic acids is 1. The molecule has 110 valence electrons. The zero-order valence-corrected chi connectivity index (χ0v) is 12.5. The number of hydrogen-bond donors (Lipinski definition) is 1. The largest absolute Gasteiger partial charge is 0.481 e. The van der Waals surface area contributed by atoms with Gasteiger partial charge in [0.1, 0.15) is 0 Å². The average Bonchev–Trinajstić information content (AvgIpc) is 2.39. The topological polar surface area (TPSA) is 57.6 Å². The Morgan fingerprint density at radius 3 is 2.55 bits per heavy atom. The van der Waals surface area contributed by atoms with Crippen molar-refractivity contribution in [3.8, 4) is 11.8 Å². The Kier molecular flexibility index (Phi) is 9.76. The third-order valence-electron chi connectivity index (χ3n) is 2.45. The molecule has 0 bridgehead atoms. The Morgan fingerprint density at radius 2 is 2.00 bits per heavy atom.